The highest BCUT2D eigenvalue weighted by Crippen LogP contribution is 2.36. The zero-order valence-corrected chi connectivity index (χ0v) is 11.5. The number of benzene rings is 2. The van der Waals surface area contributed by atoms with Crippen molar-refractivity contribution >= 4 is 21.8 Å². The second-order valence-corrected chi connectivity index (χ2v) is 6.17. The van der Waals surface area contributed by atoms with E-state index in [-0.39, 0.29) is 0 Å². The van der Waals surface area contributed by atoms with Crippen molar-refractivity contribution < 1.29 is 4.21 Å². The molecule has 0 saturated heterocycles. The fourth-order valence-corrected chi connectivity index (χ4v) is 3.46. The van der Waals surface area contributed by atoms with E-state index in [0.29, 0.717) is 0 Å². The summed E-state index contributed by atoms with van der Waals surface area (Å²) in [5.41, 5.74) is 0.592. The van der Waals surface area contributed by atoms with E-state index in [1.165, 1.54) is 0 Å². The fourth-order valence-electron chi connectivity index (χ4n) is 2.18. The van der Waals surface area contributed by atoms with Gasteiger partial charge >= 0.3 is 0 Å². The lowest BCUT2D eigenvalue weighted by atomic mass is 10.1. The van der Waals surface area contributed by atoms with E-state index in [2.05, 4.69) is 10.8 Å². The van der Waals surface area contributed by atoms with Gasteiger partial charge in [0.2, 0.25) is 0 Å². The monoisotopic (exact) mass is 270 g/mol. The highest BCUT2D eigenvalue weighted by molar-refractivity contribution is 7.83. The molecule has 2 aromatic rings. The number of fused-ring (bicyclic) bond motifs is 1. The molecule has 1 aliphatic rings. The summed E-state index contributed by atoms with van der Waals surface area (Å²) in [6.07, 6.45) is 1.55. The van der Waals surface area contributed by atoms with Gasteiger partial charge in [-0.25, -0.2) is 8.93 Å². The van der Waals surface area contributed by atoms with Gasteiger partial charge in [-0.3, -0.25) is 0 Å². The van der Waals surface area contributed by atoms with Crippen molar-refractivity contribution in [3.8, 4) is 6.07 Å². The molecule has 0 amide bonds. The summed E-state index contributed by atoms with van der Waals surface area (Å²) in [5.74, 6) is 0. The molecule has 2 aromatic carbocycles. The van der Waals surface area contributed by atoms with Crippen molar-refractivity contribution in [2.24, 2.45) is 0 Å². The molecule has 0 aromatic heterocycles. The summed E-state index contributed by atoms with van der Waals surface area (Å²) in [4.78, 5) is 0.753. The van der Waals surface area contributed by atoms with E-state index in [0.717, 1.165) is 34.1 Å². The molecule has 1 aliphatic carbocycles. The predicted octanol–water partition coefficient (Wildman–Crippen LogP) is 2.82. The SMILES string of the molecule is Cc1ccc(S(=O)NC2(C#N)CC2)c2ccccc12. The Balaban J connectivity index is 2.04. The van der Waals surface area contributed by atoms with Crippen LogP contribution in [0.3, 0.4) is 0 Å². The third kappa shape index (κ3) is 2.16. The Bertz CT molecular complexity index is 714. The molecule has 1 saturated carbocycles. The minimum absolute atomic E-state index is 0.573. The van der Waals surface area contributed by atoms with Crippen LogP contribution in [0.2, 0.25) is 0 Å². The molecular weight excluding hydrogens is 256 g/mol. The number of aryl methyl sites for hydroxylation is 1. The third-order valence-electron chi connectivity index (χ3n) is 3.55. The van der Waals surface area contributed by atoms with Gasteiger partial charge in [0.15, 0.2) is 0 Å². The first-order chi connectivity index (χ1) is 9.15. The van der Waals surface area contributed by atoms with Crippen LogP contribution in [0, 0.1) is 18.3 Å². The van der Waals surface area contributed by atoms with Gasteiger partial charge in [-0.1, -0.05) is 30.3 Å². The quantitative estimate of drug-likeness (QED) is 0.932. The molecule has 0 bridgehead atoms. The molecule has 0 spiro atoms. The summed E-state index contributed by atoms with van der Waals surface area (Å²) < 4.78 is 15.4. The molecule has 1 unspecified atom stereocenters. The molecular formula is C15H14N2OS. The Morgan fingerprint density at radius 3 is 2.53 bits per heavy atom. The van der Waals surface area contributed by atoms with Gasteiger partial charge in [0.05, 0.1) is 11.0 Å². The second-order valence-electron chi connectivity index (χ2n) is 4.99. The van der Waals surface area contributed by atoms with Crippen molar-refractivity contribution in [1.82, 2.24) is 4.72 Å². The smallest absolute Gasteiger partial charge is 0.126 e. The van der Waals surface area contributed by atoms with Crippen LogP contribution >= 0.6 is 0 Å². The topological polar surface area (TPSA) is 52.9 Å². The first kappa shape index (κ1) is 12.3. The zero-order chi connectivity index (χ0) is 13.5. The molecule has 1 fully saturated rings. The van der Waals surface area contributed by atoms with Gasteiger partial charge in [-0.2, -0.15) is 5.26 Å². The van der Waals surface area contributed by atoms with Gasteiger partial charge in [0, 0.05) is 0 Å². The van der Waals surface area contributed by atoms with Gasteiger partial charge in [-0.05, 0) is 42.2 Å². The maximum absolute atomic E-state index is 12.4. The molecule has 0 aliphatic heterocycles. The number of hydrogen-bond donors (Lipinski definition) is 1. The van der Waals surface area contributed by atoms with E-state index >= 15 is 0 Å². The Morgan fingerprint density at radius 2 is 1.89 bits per heavy atom. The number of nitrogens with one attached hydrogen (secondary N) is 1. The maximum atomic E-state index is 12.4. The van der Waals surface area contributed by atoms with Crippen LogP contribution in [0.5, 0.6) is 0 Å². The molecule has 3 nitrogen and oxygen atoms in total. The molecule has 96 valence electrons. The lowest BCUT2D eigenvalue weighted by Crippen LogP contribution is -2.31. The largest absolute Gasteiger partial charge is 0.237 e. The maximum Gasteiger partial charge on any atom is 0.126 e. The highest BCUT2D eigenvalue weighted by Gasteiger charge is 2.44. The minimum atomic E-state index is -1.35. The predicted molar refractivity (Wildman–Crippen MR) is 75.8 cm³/mol. The van der Waals surface area contributed by atoms with Gasteiger partial charge < -0.3 is 0 Å². The summed E-state index contributed by atoms with van der Waals surface area (Å²) in [6, 6.07) is 14.0. The lowest BCUT2D eigenvalue weighted by Gasteiger charge is -2.12. The van der Waals surface area contributed by atoms with Crippen molar-refractivity contribution in [2.45, 2.75) is 30.2 Å². The molecule has 1 N–H and O–H groups in total. The molecule has 19 heavy (non-hydrogen) atoms. The van der Waals surface area contributed by atoms with E-state index in [4.69, 9.17) is 5.26 Å². The standard InChI is InChI=1S/C15H14N2OS/c1-11-6-7-14(13-5-3-2-4-12(11)13)19(18)17-15(10-16)8-9-15/h2-7,17H,8-9H2,1H3. The Hall–Kier alpha value is -1.70. The van der Waals surface area contributed by atoms with Gasteiger partial charge in [0.1, 0.15) is 16.5 Å². The average molecular weight is 270 g/mol. The Labute approximate surface area is 114 Å². The van der Waals surface area contributed by atoms with Crippen LogP contribution in [0.1, 0.15) is 18.4 Å². The van der Waals surface area contributed by atoms with Gasteiger partial charge in [0.25, 0.3) is 0 Å². The Kier molecular flexibility index (Phi) is 2.89. The van der Waals surface area contributed by atoms with Crippen LogP contribution in [-0.2, 0) is 11.0 Å². The van der Waals surface area contributed by atoms with E-state index in [9.17, 15) is 4.21 Å². The third-order valence-corrected chi connectivity index (χ3v) is 4.89. The summed E-state index contributed by atoms with van der Waals surface area (Å²) in [7, 11) is -1.35. The fraction of sp³-hybridized carbons (Fsp3) is 0.267. The number of hydrogen-bond acceptors (Lipinski definition) is 2. The van der Waals surface area contributed by atoms with Crippen molar-refractivity contribution in [2.75, 3.05) is 0 Å². The first-order valence-electron chi connectivity index (χ1n) is 6.24. The van der Waals surface area contributed by atoms with E-state index in [1.807, 2.05) is 43.3 Å². The average Bonchev–Trinajstić information content (AvgIpc) is 3.19. The summed E-state index contributed by atoms with van der Waals surface area (Å²) in [6.45, 7) is 2.04. The summed E-state index contributed by atoms with van der Waals surface area (Å²) >= 11 is 0. The van der Waals surface area contributed by atoms with E-state index < -0.39 is 16.5 Å². The van der Waals surface area contributed by atoms with Crippen LogP contribution in [0.15, 0.2) is 41.3 Å². The normalized spacial score (nSPS) is 17.9. The Morgan fingerprint density at radius 1 is 1.21 bits per heavy atom. The lowest BCUT2D eigenvalue weighted by molar-refractivity contribution is 0.659. The second kappa shape index (κ2) is 4.44. The van der Waals surface area contributed by atoms with Crippen LogP contribution in [0.4, 0.5) is 0 Å². The minimum Gasteiger partial charge on any atom is -0.237 e. The van der Waals surface area contributed by atoms with E-state index in [1.54, 1.807) is 0 Å². The molecule has 4 heteroatoms. The van der Waals surface area contributed by atoms with Crippen molar-refractivity contribution in [1.29, 1.82) is 5.26 Å². The first-order valence-corrected chi connectivity index (χ1v) is 7.39. The van der Waals surface area contributed by atoms with Crippen LogP contribution in [-0.4, -0.2) is 9.75 Å². The molecule has 0 heterocycles. The summed E-state index contributed by atoms with van der Waals surface area (Å²) in [5, 5.41) is 11.2. The number of nitrogens with zero attached hydrogens (tertiary/aromatic N) is 1. The number of rotatable bonds is 3. The zero-order valence-electron chi connectivity index (χ0n) is 10.6. The van der Waals surface area contributed by atoms with Crippen LogP contribution in [0.25, 0.3) is 10.8 Å². The van der Waals surface area contributed by atoms with Crippen molar-refractivity contribution in [3.05, 3.63) is 42.0 Å². The molecule has 1 atom stereocenters. The van der Waals surface area contributed by atoms with Gasteiger partial charge in [-0.15, -0.1) is 0 Å². The van der Waals surface area contributed by atoms with Crippen molar-refractivity contribution in [3.63, 3.8) is 0 Å². The molecule has 3 rings (SSSR count). The van der Waals surface area contributed by atoms with Crippen LogP contribution < -0.4 is 4.72 Å². The highest BCUT2D eigenvalue weighted by atomic mass is 32.2. The number of nitriles is 1. The molecule has 0 radical (unpaired) electrons.